The number of hydrogen-bond donors (Lipinski definition) is 1. The van der Waals surface area contributed by atoms with Crippen molar-refractivity contribution >= 4 is 11.4 Å². The summed E-state index contributed by atoms with van der Waals surface area (Å²) in [5, 5.41) is 13.9. The van der Waals surface area contributed by atoms with Gasteiger partial charge in [0.15, 0.2) is 0 Å². The molecule has 0 bridgehead atoms. The Morgan fingerprint density at radius 1 is 1.35 bits per heavy atom. The van der Waals surface area contributed by atoms with Crippen molar-refractivity contribution in [1.29, 1.82) is 0 Å². The molecule has 0 aliphatic carbocycles. The lowest BCUT2D eigenvalue weighted by atomic mass is 10.1. The Kier molecular flexibility index (Phi) is 3.93. The van der Waals surface area contributed by atoms with Gasteiger partial charge in [0.2, 0.25) is 0 Å². The zero-order chi connectivity index (χ0) is 14.7. The molecule has 104 valence electrons. The summed E-state index contributed by atoms with van der Waals surface area (Å²) in [6.45, 7) is 3.52. The first-order valence-electron chi connectivity index (χ1n) is 6.08. The minimum absolute atomic E-state index is 0.0605. The number of pyridine rings is 1. The molecular formula is C14H14FN3O2. The fourth-order valence-electron chi connectivity index (χ4n) is 2.01. The molecule has 1 aromatic carbocycles. The molecule has 0 amide bonds. The van der Waals surface area contributed by atoms with Crippen molar-refractivity contribution in [3.63, 3.8) is 0 Å². The van der Waals surface area contributed by atoms with Crippen LogP contribution in [0.25, 0.3) is 0 Å². The van der Waals surface area contributed by atoms with E-state index in [2.05, 4.69) is 10.3 Å². The lowest BCUT2D eigenvalue weighted by Crippen LogP contribution is -2.08. The third-order valence-electron chi connectivity index (χ3n) is 3.08. The van der Waals surface area contributed by atoms with Crippen molar-refractivity contribution in [3.05, 3.63) is 63.2 Å². The Morgan fingerprint density at radius 3 is 2.70 bits per heavy atom. The molecule has 0 saturated carbocycles. The Labute approximate surface area is 115 Å². The van der Waals surface area contributed by atoms with Gasteiger partial charge in [-0.1, -0.05) is 12.1 Å². The van der Waals surface area contributed by atoms with E-state index in [1.54, 1.807) is 32.0 Å². The normalized spacial score (nSPS) is 10.3. The van der Waals surface area contributed by atoms with E-state index in [-0.39, 0.29) is 18.0 Å². The maximum Gasteiger partial charge on any atom is 0.278 e. The Bertz CT molecular complexity index is 659. The van der Waals surface area contributed by atoms with Gasteiger partial charge < -0.3 is 5.32 Å². The van der Waals surface area contributed by atoms with Gasteiger partial charge in [-0.2, -0.15) is 0 Å². The second-order valence-corrected chi connectivity index (χ2v) is 4.45. The quantitative estimate of drug-likeness (QED) is 0.686. The number of nitrogens with one attached hydrogen (secondary N) is 1. The van der Waals surface area contributed by atoms with Crippen molar-refractivity contribution in [2.45, 2.75) is 20.4 Å². The summed E-state index contributed by atoms with van der Waals surface area (Å²) in [6.07, 6.45) is 1.46. The van der Waals surface area contributed by atoms with E-state index >= 15 is 0 Å². The van der Waals surface area contributed by atoms with Crippen LogP contribution in [0.3, 0.4) is 0 Å². The van der Waals surface area contributed by atoms with Crippen molar-refractivity contribution in [3.8, 4) is 0 Å². The third-order valence-corrected chi connectivity index (χ3v) is 3.08. The highest BCUT2D eigenvalue weighted by molar-refractivity contribution is 5.49. The van der Waals surface area contributed by atoms with Gasteiger partial charge in [-0.3, -0.25) is 15.1 Å². The second-order valence-electron chi connectivity index (χ2n) is 4.45. The van der Waals surface area contributed by atoms with Gasteiger partial charge in [-0.05, 0) is 26.0 Å². The Morgan fingerprint density at radius 2 is 2.05 bits per heavy atom. The predicted molar refractivity (Wildman–Crippen MR) is 74.1 cm³/mol. The maximum absolute atomic E-state index is 13.5. The number of anilines is 1. The number of para-hydroxylation sites is 1. The largest absolute Gasteiger partial charge is 0.377 e. The lowest BCUT2D eigenvalue weighted by Gasteiger charge is -2.10. The number of nitro groups is 1. The fourth-order valence-corrected chi connectivity index (χ4v) is 2.01. The van der Waals surface area contributed by atoms with Gasteiger partial charge in [0.05, 0.1) is 28.4 Å². The number of nitrogens with zero attached hydrogens (tertiary/aromatic N) is 2. The number of hydrogen-bond acceptors (Lipinski definition) is 4. The molecule has 1 heterocycles. The fraction of sp³-hybridized carbons (Fsp3) is 0.214. The van der Waals surface area contributed by atoms with Crippen molar-refractivity contribution in [1.82, 2.24) is 4.98 Å². The van der Waals surface area contributed by atoms with E-state index in [0.717, 1.165) is 0 Å². The molecule has 0 atom stereocenters. The number of aryl methyl sites for hydroxylation is 1. The molecule has 5 nitrogen and oxygen atoms in total. The van der Waals surface area contributed by atoms with Crippen LogP contribution in [0.5, 0.6) is 0 Å². The maximum atomic E-state index is 13.5. The van der Waals surface area contributed by atoms with Crippen LogP contribution in [-0.2, 0) is 6.54 Å². The smallest absolute Gasteiger partial charge is 0.278 e. The van der Waals surface area contributed by atoms with Gasteiger partial charge in [0.1, 0.15) is 5.82 Å². The standard InChI is InChI=1S/C14H14FN3O2/c1-9-7-16-13(10(2)14(9)18(19)20)8-17-12-6-4-3-5-11(12)15/h3-7,17H,8H2,1-2H3. The molecule has 6 heteroatoms. The van der Waals surface area contributed by atoms with E-state index in [1.807, 2.05) is 0 Å². The lowest BCUT2D eigenvalue weighted by molar-refractivity contribution is -0.386. The highest BCUT2D eigenvalue weighted by Crippen LogP contribution is 2.24. The zero-order valence-electron chi connectivity index (χ0n) is 11.2. The van der Waals surface area contributed by atoms with Crippen LogP contribution in [0.15, 0.2) is 30.5 Å². The third kappa shape index (κ3) is 2.74. The minimum atomic E-state index is -0.418. The number of aromatic nitrogens is 1. The van der Waals surface area contributed by atoms with Crippen LogP contribution < -0.4 is 5.32 Å². The summed E-state index contributed by atoms with van der Waals surface area (Å²) >= 11 is 0. The van der Waals surface area contributed by atoms with Crippen molar-refractivity contribution in [2.75, 3.05) is 5.32 Å². The first kappa shape index (κ1) is 13.9. The molecule has 1 aromatic heterocycles. The predicted octanol–water partition coefficient (Wildman–Crippen LogP) is 3.36. The van der Waals surface area contributed by atoms with E-state index in [0.29, 0.717) is 22.5 Å². The molecule has 20 heavy (non-hydrogen) atoms. The average Bonchev–Trinajstić information content (AvgIpc) is 2.39. The topological polar surface area (TPSA) is 68.1 Å². The van der Waals surface area contributed by atoms with Crippen LogP contribution >= 0.6 is 0 Å². The van der Waals surface area contributed by atoms with Crippen LogP contribution in [0.4, 0.5) is 15.8 Å². The van der Waals surface area contributed by atoms with Gasteiger partial charge in [-0.25, -0.2) is 4.39 Å². The molecule has 2 rings (SSSR count). The molecule has 0 aliphatic heterocycles. The average molecular weight is 275 g/mol. The summed E-state index contributed by atoms with van der Waals surface area (Å²) in [5.74, 6) is -0.369. The summed E-state index contributed by atoms with van der Waals surface area (Å²) in [4.78, 5) is 14.8. The Hall–Kier alpha value is -2.50. The summed E-state index contributed by atoms with van der Waals surface area (Å²) < 4.78 is 13.5. The summed E-state index contributed by atoms with van der Waals surface area (Å²) in [6, 6.07) is 6.26. The van der Waals surface area contributed by atoms with E-state index in [1.165, 1.54) is 12.3 Å². The van der Waals surface area contributed by atoms with Gasteiger partial charge >= 0.3 is 0 Å². The number of rotatable bonds is 4. The van der Waals surface area contributed by atoms with Crippen molar-refractivity contribution < 1.29 is 9.31 Å². The van der Waals surface area contributed by atoms with E-state index < -0.39 is 4.92 Å². The first-order valence-corrected chi connectivity index (χ1v) is 6.08. The zero-order valence-corrected chi connectivity index (χ0v) is 11.2. The first-order chi connectivity index (χ1) is 9.50. The van der Waals surface area contributed by atoms with Crippen molar-refractivity contribution in [2.24, 2.45) is 0 Å². The molecule has 2 aromatic rings. The molecule has 0 aliphatic rings. The van der Waals surface area contributed by atoms with Gasteiger partial charge in [0.25, 0.3) is 5.69 Å². The highest BCUT2D eigenvalue weighted by atomic mass is 19.1. The van der Waals surface area contributed by atoms with Gasteiger partial charge in [-0.15, -0.1) is 0 Å². The minimum Gasteiger partial charge on any atom is -0.377 e. The SMILES string of the molecule is Cc1cnc(CNc2ccccc2F)c(C)c1[N+](=O)[O-]. The molecule has 0 unspecified atom stereocenters. The molecule has 0 saturated heterocycles. The van der Waals surface area contributed by atoms with E-state index in [9.17, 15) is 14.5 Å². The molecular weight excluding hydrogens is 261 g/mol. The number of benzene rings is 1. The van der Waals surface area contributed by atoms with Gasteiger partial charge in [0, 0.05) is 11.8 Å². The van der Waals surface area contributed by atoms with Crippen LogP contribution in [0, 0.1) is 29.8 Å². The second kappa shape index (κ2) is 5.64. The molecule has 1 N–H and O–H groups in total. The molecule has 0 radical (unpaired) electrons. The summed E-state index contributed by atoms with van der Waals surface area (Å²) in [7, 11) is 0. The van der Waals surface area contributed by atoms with E-state index in [4.69, 9.17) is 0 Å². The number of halogens is 1. The Balaban J connectivity index is 2.25. The van der Waals surface area contributed by atoms with Crippen LogP contribution in [0.1, 0.15) is 16.8 Å². The highest BCUT2D eigenvalue weighted by Gasteiger charge is 2.18. The van der Waals surface area contributed by atoms with Crippen LogP contribution in [-0.4, -0.2) is 9.91 Å². The van der Waals surface area contributed by atoms with Crippen LogP contribution in [0.2, 0.25) is 0 Å². The molecule has 0 fully saturated rings. The summed E-state index contributed by atoms with van der Waals surface area (Å²) in [5.41, 5.74) is 1.95. The molecule has 0 spiro atoms. The monoisotopic (exact) mass is 275 g/mol.